The van der Waals surface area contributed by atoms with E-state index in [9.17, 15) is 0 Å². The van der Waals surface area contributed by atoms with Crippen molar-refractivity contribution in [2.24, 2.45) is 0 Å². The summed E-state index contributed by atoms with van der Waals surface area (Å²) in [5, 5.41) is 4.56. The molecule has 11 heavy (non-hydrogen) atoms. The molecular formula is C9H17NS. The van der Waals surface area contributed by atoms with Gasteiger partial charge in [-0.15, -0.1) is 0 Å². The van der Waals surface area contributed by atoms with Crippen molar-refractivity contribution in [3.63, 3.8) is 0 Å². The molecule has 2 rings (SSSR count). The Labute approximate surface area is 73.3 Å². The number of rotatable bonds is 1. The highest BCUT2D eigenvalue weighted by Gasteiger charge is 2.38. The highest BCUT2D eigenvalue weighted by molar-refractivity contribution is 8.00. The fraction of sp³-hybridized carbons (Fsp3) is 1.00. The topological polar surface area (TPSA) is 12.0 Å². The van der Waals surface area contributed by atoms with Gasteiger partial charge in [0.05, 0.1) is 0 Å². The SMILES string of the molecule is CC1(C2CCCS2)CCCN1. The van der Waals surface area contributed by atoms with Gasteiger partial charge in [0.15, 0.2) is 0 Å². The van der Waals surface area contributed by atoms with Crippen LogP contribution in [0, 0.1) is 0 Å². The van der Waals surface area contributed by atoms with Gasteiger partial charge in [-0.05, 0) is 44.9 Å². The van der Waals surface area contributed by atoms with Gasteiger partial charge in [0.1, 0.15) is 0 Å². The van der Waals surface area contributed by atoms with Crippen LogP contribution in [0.5, 0.6) is 0 Å². The minimum Gasteiger partial charge on any atom is -0.310 e. The van der Waals surface area contributed by atoms with Crippen LogP contribution in [0.2, 0.25) is 0 Å². The second kappa shape index (κ2) is 2.98. The first-order valence-corrected chi connectivity index (χ1v) is 5.73. The Morgan fingerprint density at radius 2 is 2.36 bits per heavy atom. The van der Waals surface area contributed by atoms with Gasteiger partial charge < -0.3 is 5.32 Å². The van der Waals surface area contributed by atoms with Gasteiger partial charge in [-0.25, -0.2) is 0 Å². The summed E-state index contributed by atoms with van der Waals surface area (Å²) >= 11 is 2.18. The molecule has 0 bridgehead atoms. The summed E-state index contributed by atoms with van der Waals surface area (Å²) in [5.41, 5.74) is 0.487. The van der Waals surface area contributed by atoms with Crippen molar-refractivity contribution in [3.8, 4) is 0 Å². The minimum atomic E-state index is 0.487. The first-order chi connectivity index (χ1) is 5.31. The number of hydrogen-bond donors (Lipinski definition) is 1. The maximum Gasteiger partial charge on any atom is 0.0272 e. The van der Waals surface area contributed by atoms with Gasteiger partial charge in [0, 0.05) is 10.8 Å². The van der Waals surface area contributed by atoms with E-state index in [0.29, 0.717) is 5.54 Å². The summed E-state index contributed by atoms with van der Waals surface area (Å²) in [5.74, 6) is 1.39. The lowest BCUT2D eigenvalue weighted by Gasteiger charge is -2.30. The molecule has 2 heterocycles. The highest BCUT2D eigenvalue weighted by atomic mass is 32.2. The molecule has 2 heteroatoms. The quantitative estimate of drug-likeness (QED) is 0.648. The number of hydrogen-bond acceptors (Lipinski definition) is 2. The standard InChI is InChI=1S/C9H17NS/c1-9(5-3-6-10-9)8-4-2-7-11-8/h8,10H,2-7H2,1H3. The third kappa shape index (κ3) is 1.43. The largest absolute Gasteiger partial charge is 0.310 e. The molecule has 2 aliphatic heterocycles. The Balaban J connectivity index is 2.00. The third-order valence-electron chi connectivity index (χ3n) is 3.04. The molecular weight excluding hydrogens is 154 g/mol. The van der Waals surface area contributed by atoms with Gasteiger partial charge >= 0.3 is 0 Å². The number of thioether (sulfide) groups is 1. The second-order valence-electron chi connectivity index (χ2n) is 3.95. The first kappa shape index (κ1) is 7.93. The highest BCUT2D eigenvalue weighted by Crippen LogP contribution is 2.38. The molecule has 2 unspecified atom stereocenters. The van der Waals surface area contributed by atoms with Crippen LogP contribution in [0.25, 0.3) is 0 Å². The lowest BCUT2D eigenvalue weighted by Crippen LogP contribution is -2.44. The Morgan fingerprint density at radius 3 is 2.91 bits per heavy atom. The number of nitrogens with one attached hydrogen (secondary N) is 1. The molecule has 0 aromatic carbocycles. The normalized spacial score (nSPS) is 45.0. The van der Waals surface area contributed by atoms with Gasteiger partial charge in [-0.2, -0.15) is 11.8 Å². The van der Waals surface area contributed by atoms with Crippen molar-refractivity contribution < 1.29 is 0 Å². The van der Waals surface area contributed by atoms with Crippen LogP contribution < -0.4 is 5.32 Å². The molecule has 0 radical (unpaired) electrons. The third-order valence-corrected chi connectivity index (χ3v) is 4.72. The molecule has 1 nitrogen and oxygen atoms in total. The zero-order valence-electron chi connectivity index (χ0n) is 7.23. The molecule has 0 spiro atoms. The molecule has 0 aliphatic carbocycles. The monoisotopic (exact) mass is 171 g/mol. The Bertz CT molecular complexity index is 134. The molecule has 0 saturated carbocycles. The van der Waals surface area contributed by atoms with Crippen molar-refractivity contribution in [3.05, 3.63) is 0 Å². The summed E-state index contributed by atoms with van der Waals surface area (Å²) < 4.78 is 0. The van der Waals surface area contributed by atoms with E-state index in [2.05, 4.69) is 24.0 Å². The van der Waals surface area contributed by atoms with Gasteiger partial charge in [0.25, 0.3) is 0 Å². The van der Waals surface area contributed by atoms with Gasteiger partial charge in [0.2, 0.25) is 0 Å². The molecule has 0 amide bonds. The predicted octanol–water partition coefficient (Wildman–Crippen LogP) is 2.02. The summed E-state index contributed by atoms with van der Waals surface area (Å²) in [6, 6.07) is 0. The first-order valence-electron chi connectivity index (χ1n) is 4.68. The molecule has 2 aliphatic rings. The summed E-state index contributed by atoms with van der Waals surface area (Å²) in [7, 11) is 0. The van der Waals surface area contributed by atoms with E-state index in [-0.39, 0.29) is 0 Å². The summed E-state index contributed by atoms with van der Waals surface area (Å²) in [4.78, 5) is 0. The van der Waals surface area contributed by atoms with Crippen LogP contribution in [-0.2, 0) is 0 Å². The second-order valence-corrected chi connectivity index (χ2v) is 5.26. The molecule has 0 aromatic heterocycles. The van der Waals surface area contributed by atoms with E-state index in [1.165, 1.54) is 38.0 Å². The van der Waals surface area contributed by atoms with Crippen LogP contribution in [0.1, 0.15) is 32.6 Å². The fourth-order valence-electron chi connectivity index (χ4n) is 2.27. The molecule has 64 valence electrons. The average Bonchev–Trinajstić information content (AvgIpc) is 2.55. The van der Waals surface area contributed by atoms with E-state index < -0.39 is 0 Å². The van der Waals surface area contributed by atoms with Crippen molar-refractivity contribution in [2.45, 2.75) is 43.4 Å². The van der Waals surface area contributed by atoms with E-state index in [4.69, 9.17) is 0 Å². The molecule has 2 atom stereocenters. The van der Waals surface area contributed by atoms with Gasteiger partial charge in [-0.3, -0.25) is 0 Å². The Hall–Kier alpha value is 0.310. The lowest BCUT2D eigenvalue weighted by atomic mass is 9.93. The molecule has 1 N–H and O–H groups in total. The minimum absolute atomic E-state index is 0.487. The maximum absolute atomic E-state index is 3.65. The van der Waals surface area contributed by atoms with Gasteiger partial charge in [-0.1, -0.05) is 0 Å². The van der Waals surface area contributed by atoms with Crippen LogP contribution in [0.15, 0.2) is 0 Å². The summed E-state index contributed by atoms with van der Waals surface area (Å²) in [6.07, 6.45) is 5.65. The van der Waals surface area contributed by atoms with E-state index in [1.54, 1.807) is 0 Å². The molecule has 2 fully saturated rings. The Kier molecular flexibility index (Phi) is 2.15. The lowest BCUT2D eigenvalue weighted by molar-refractivity contribution is 0.392. The van der Waals surface area contributed by atoms with Crippen LogP contribution in [0.4, 0.5) is 0 Å². The summed E-state index contributed by atoms with van der Waals surface area (Å²) in [6.45, 7) is 3.65. The molecule has 0 aromatic rings. The van der Waals surface area contributed by atoms with E-state index in [1.807, 2.05) is 0 Å². The zero-order valence-corrected chi connectivity index (χ0v) is 8.04. The van der Waals surface area contributed by atoms with E-state index in [0.717, 1.165) is 5.25 Å². The Morgan fingerprint density at radius 1 is 1.45 bits per heavy atom. The van der Waals surface area contributed by atoms with Crippen LogP contribution in [0.3, 0.4) is 0 Å². The van der Waals surface area contributed by atoms with Crippen molar-refractivity contribution in [2.75, 3.05) is 12.3 Å². The average molecular weight is 171 g/mol. The van der Waals surface area contributed by atoms with Crippen molar-refractivity contribution >= 4 is 11.8 Å². The van der Waals surface area contributed by atoms with Crippen LogP contribution >= 0.6 is 11.8 Å². The zero-order chi connectivity index (χ0) is 7.73. The van der Waals surface area contributed by atoms with E-state index >= 15 is 0 Å². The fourth-order valence-corrected chi connectivity index (χ4v) is 3.79. The van der Waals surface area contributed by atoms with Crippen molar-refractivity contribution in [1.29, 1.82) is 0 Å². The van der Waals surface area contributed by atoms with Crippen molar-refractivity contribution in [1.82, 2.24) is 5.32 Å². The smallest absolute Gasteiger partial charge is 0.0272 e. The predicted molar refractivity (Wildman–Crippen MR) is 51.1 cm³/mol. The maximum atomic E-state index is 3.65. The van der Waals surface area contributed by atoms with Crippen LogP contribution in [-0.4, -0.2) is 23.1 Å². The molecule has 2 saturated heterocycles.